The van der Waals surface area contributed by atoms with E-state index in [9.17, 15) is 0 Å². The summed E-state index contributed by atoms with van der Waals surface area (Å²) in [4.78, 5) is 4.22. The standard InChI is InChI=1S/C13H15BrN2O2S/c1-17-4-5-18-13-3-2-11(8-16-13)15-7-10-6-12(14)19-9-10/h2-3,6,8-9,15H,4-5,7H2,1H3. The van der Waals surface area contributed by atoms with Crippen molar-refractivity contribution in [2.24, 2.45) is 0 Å². The maximum absolute atomic E-state index is 5.40. The van der Waals surface area contributed by atoms with Gasteiger partial charge in [0.2, 0.25) is 5.88 Å². The molecule has 0 aliphatic carbocycles. The first kappa shape index (κ1) is 14.3. The molecule has 4 nitrogen and oxygen atoms in total. The largest absolute Gasteiger partial charge is 0.475 e. The van der Waals surface area contributed by atoms with Crippen LogP contribution in [0.3, 0.4) is 0 Å². The number of anilines is 1. The monoisotopic (exact) mass is 342 g/mol. The van der Waals surface area contributed by atoms with Crippen LogP contribution in [-0.2, 0) is 11.3 Å². The van der Waals surface area contributed by atoms with Gasteiger partial charge in [-0.2, -0.15) is 0 Å². The topological polar surface area (TPSA) is 43.4 Å². The van der Waals surface area contributed by atoms with Crippen LogP contribution in [-0.4, -0.2) is 25.3 Å². The first-order chi connectivity index (χ1) is 9.28. The molecule has 0 fully saturated rings. The van der Waals surface area contributed by atoms with E-state index in [1.165, 1.54) is 5.56 Å². The molecule has 0 spiro atoms. The van der Waals surface area contributed by atoms with E-state index < -0.39 is 0 Å². The van der Waals surface area contributed by atoms with Crippen LogP contribution >= 0.6 is 27.3 Å². The van der Waals surface area contributed by atoms with Gasteiger partial charge in [-0.15, -0.1) is 11.3 Å². The molecule has 0 saturated heterocycles. The zero-order valence-electron chi connectivity index (χ0n) is 10.6. The van der Waals surface area contributed by atoms with Crippen LogP contribution in [0, 0.1) is 0 Å². The Labute approximate surface area is 124 Å². The van der Waals surface area contributed by atoms with Crippen molar-refractivity contribution in [3.63, 3.8) is 0 Å². The van der Waals surface area contributed by atoms with Crippen molar-refractivity contribution in [1.29, 1.82) is 0 Å². The van der Waals surface area contributed by atoms with Gasteiger partial charge in [0.05, 0.1) is 22.3 Å². The lowest BCUT2D eigenvalue weighted by atomic mass is 10.3. The van der Waals surface area contributed by atoms with E-state index in [-0.39, 0.29) is 0 Å². The minimum Gasteiger partial charge on any atom is -0.475 e. The lowest BCUT2D eigenvalue weighted by Gasteiger charge is -2.07. The Morgan fingerprint density at radius 2 is 2.26 bits per heavy atom. The molecule has 102 valence electrons. The SMILES string of the molecule is COCCOc1ccc(NCc2csc(Br)c2)cn1. The van der Waals surface area contributed by atoms with Crippen molar-refractivity contribution >= 4 is 33.0 Å². The van der Waals surface area contributed by atoms with E-state index in [1.807, 2.05) is 12.1 Å². The van der Waals surface area contributed by atoms with Crippen LogP contribution in [0.15, 0.2) is 33.6 Å². The first-order valence-electron chi connectivity index (χ1n) is 5.82. The summed E-state index contributed by atoms with van der Waals surface area (Å²) >= 11 is 5.13. The predicted molar refractivity (Wildman–Crippen MR) is 81.0 cm³/mol. The van der Waals surface area contributed by atoms with Crippen molar-refractivity contribution < 1.29 is 9.47 Å². The third-order valence-corrected chi connectivity index (χ3v) is 3.95. The van der Waals surface area contributed by atoms with Crippen LogP contribution < -0.4 is 10.1 Å². The molecule has 0 aliphatic rings. The third-order valence-electron chi connectivity index (χ3n) is 2.39. The van der Waals surface area contributed by atoms with Gasteiger partial charge in [0, 0.05) is 19.7 Å². The molecule has 1 N–H and O–H groups in total. The molecule has 2 aromatic rings. The molecule has 2 aromatic heterocycles. The van der Waals surface area contributed by atoms with E-state index in [4.69, 9.17) is 9.47 Å². The fourth-order valence-corrected chi connectivity index (χ4v) is 2.65. The number of nitrogens with zero attached hydrogens (tertiary/aromatic N) is 1. The number of methoxy groups -OCH3 is 1. The highest BCUT2D eigenvalue weighted by atomic mass is 79.9. The zero-order valence-corrected chi connectivity index (χ0v) is 13.0. The second kappa shape index (κ2) is 7.47. The maximum Gasteiger partial charge on any atom is 0.213 e. The number of ether oxygens (including phenoxy) is 2. The van der Waals surface area contributed by atoms with Gasteiger partial charge in [0.25, 0.3) is 0 Å². The molecule has 0 bridgehead atoms. The Bertz CT molecular complexity index is 502. The van der Waals surface area contributed by atoms with Gasteiger partial charge in [-0.05, 0) is 39.0 Å². The molecule has 0 aliphatic heterocycles. The van der Waals surface area contributed by atoms with E-state index in [0.717, 1.165) is 16.0 Å². The summed E-state index contributed by atoms with van der Waals surface area (Å²) in [6, 6.07) is 5.91. The van der Waals surface area contributed by atoms with Crippen LogP contribution in [0.5, 0.6) is 5.88 Å². The molecule has 0 saturated carbocycles. The molecule has 0 unspecified atom stereocenters. The van der Waals surface area contributed by atoms with Crippen molar-refractivity contribution in [2.75, 3.05) is 25.6 Å². The van der Waals surface area contributed by atoms with Crippen molar-refractivity contribution in [3.05, 3.63) is 39.1 Å². The molecule has 0 atom stereocenters. The Hall–Kier alpha value is -1.11. The van der Waals surface area contributed by atoms with Gasteiger partial charge in [0.1, 0.15) is 6.61 Å². The Balaban J connectivity index is 1.81. The minimum atomic E-state index is 0.513. The van der Waals surface area contributed by atoms with Crippen molar-refractivity contribution in [2.45, 2.75) is 6.54 Å². The number of aromatic nitrogens is 1. The lowest BCUT2D eigenvalue weighted by Crippen LogP contribution is -2.05. The Morgan fingerprint density at radius 3 is 2.89 bits per heavy atom. The van der Waals surface area contributed by atoms with Gasteiger partial charge in [-0.3, -0.25) is 0 Å². The number of hydrogen-bond donors (Lipinski definition) is 1. The summed E-state index contributed by atoms with van der Waals surface area (Å²) in [6.45, 7) is 1.86. The number of hydrogen-bond acceptors (Lipinski definition) is 5. The molecule has 0 aromatic carbocycles. The quantitative estimate of drug-likeness (QED) is 0.781. The lowest BCUT2D eigenvalue weighted by molar-refractivity contribution is 0.144. The molecular formula is C13H15BrN2O2S. The summed E-state index contributed by atoms with van der Waals surface area (Å²) in [7, 11) is 1.65. The highest BCUT2D eigenvalue weighted by Crippen LogP contribution is 2.21. The van der Waals surface area contributed by atoms with Crippen LogP contribution in [0.25, 0.3) is 0 Å². The third kappa shape index (κ3) is 4.81. The molecule has 2 rings (SSSR count). The van der Waals surface area contributed by atoms with Crippen LogP contribution in [0.2, 0.25) is 0 Å². The molecule has 2 heterocycles. The number of thiophene rings is 1. The Morgan fingerprint density at radius 1 is 1.37 bits per heavy atom. The normalized spacial score (nSPS) is 10.4. The predicted octanol–water partition coefficient (Wildman–Crippen LogP) is 3.54. The second-order valence-electron chi connectivity index (χ2n) is 3.84. The van der Waals surface area contributed by atoms with Crippen molar-refractivity contribution in [3.8, 4) is 5.88 Å². The molecule has 19 heavy (non-hydrogen) atoms. The highest BCUT2D eigenvalue weighted by Gasteiger charge is 1.99. The van der Waals surface area contributed by atoms with Gasteiger partial charge in [-0.25, -0.2) is 4.98 Å². The molecule has 0 amide bonds. The molecule has 0 radical (unpaired) electrons. The minimum absolute atomic E-state index is 0.513. The van der Waals surface area contributed by atoms with E-state index in [0.29, 0.717) is 19.1 Å². The summed E-state index contributed by atoms with van der Waals surface area (Å²) in [5.41, 5.74) is 2.22. The van der Waals surface area contributed by atoms with Crippen molar-refractivity contribution in [1.82, 2.24) is 4.98 Å². The van der Waals surface area contributed by atoms with Gasteiger partial charge >= 0.3 is 0 Å². The zero-order chi connectivity index (χ0) is 13.5. The van der Waals surface area contributed by atoms with Gasteiger partial charge in [0.15, 0.2) is 0 Å². The fourth-order valence-electron chi connectivity index (χ4n) is 1.44. The molecular weight excluding hydrogens is 328 g/mol. The second-order valence-corrected chi connectivity index (χ2v) is 6.13. The van der Waals surface area contributed by atoms with Gasteiger partial charge in [-0.1, -0.05) is 0 Å². The summed E-state index contributed by atoms with van der Waals surface area (Å²) in [5, 5.41) is 5.43. The maximum atomic E-state index is 5.40. The van der Waals surface area contributed by atoms with E-state index >= 15 is 0 Å². The molecule has 6 heteroatoms. The summed E-state index contributed by atoms with van der Waals surface area (Å²) in [5.74, 6) is 0.612. The van der Waals surface area contributed by atoms with E-state index in [1.54, 1.807) is 24.6 Å². The smallest absolute Gasteiger partial charge is 0.213 e. The summed E-state index contributed by atoms with van der Waals surface area (Å²) < 4.78 is 11.5. The fraction of sp³-hybridized carbons (Fsp3) is 0.308. The van der Waals surface area contributed by atoms with E-state index in [2.05, 4.69) is 37.7 Å². The average Bonchev–Trinajstić information content (AvgIpc) is 2.84. The number of rotatable bonds is 7. The number of nitrogens with one attached hydrogen (secondary N) is 1. The van der Waals surface area contributed by atoms with Gasteiger partial charge < -0.3 is 14.8 Å². The Kier molecular flexibility index (Phi) is 5.62. The van der Waals surface area contributed by atoms with Crippen LogP contribution in [0.1, 0.15) is 5.56 Å². The summed E-state index contributed by atoms with van der Waals surface area (Å²) in [6.07, 6.45) is 1.77. The highest BCUT2D eigenvalue weighted by molar-refractivity contribution is 9.11. The number of pyridine rings is 1. The number of halogens is 1. The van der Waals surface area contributed by atoms with Crippen LogP contribution in [0.4, 0.5) is 5.69 Å². The average molecular weight is 343 g/mol. The first-order valence-corrected chi connectivity index (χ1v) is 7.50.